The Bertz CT molecular complexity index is 1950. The van der Waals surface area contributed by atoms with Gasteiger partial charge in [0.05, 0.1) is 34.4 Å². The number of ether oxygens (including phenoxy) is 4. The van der Waals surface area contributed by atoms with Gasteiger partial charge in [-0.15, -0.1) is 0 Å². The largest absolute Gasteiger partial charge is 0.477 e. The highest BCUT2D eigenvalue weighted by Crippen LogP contribution is 2.19. The monoisotopic (exact) mass is 1340 g/mol. The molecule has 0 aliphatic rings. The standard InChI is InChI=1S/C87H153NO8/c1-6-8-10-12-14-16-18-20-22-24-26-28-30-32-34-36-38-40-41-42-43-44-45-46-48-50-52-54-56-58-60-62-64-66-68-70-72-74-76-78-85(90)96-83(82-95-87(86(91)92)93-80-79-88(3,4)5)81-94-84(89)77-75-73-71-69-67-65-63-61-59-57-55-53-51-49-47-39-37-35-33-31-29-27-25-23-21-19-17-15-13-11-9-7-2/h8,10,14,16,20,22,26,28,32,34,38,40,42-43,45-46,50,52,83,87H,6-7,9,11-13,15,17-19,21,23-25,27,29-31,33,35-37,39,41,44,47-49,51,53-82H2,1-5H3/p+1/b10-8-,16-14-,22-20-,28-26-,34-32-,40-38-,43-42-,46-45-,52-50-. The third-order valence-corrected chi connectivity index (χ3v) is 17.8. The van der Waals surface area contributed by atoms with E-state index < -0.39 is 24.3 Å². The number of carboxylic acids is 1. The molecule has 0 rings (SSSR count). The van der Waals surface area contributed by atoms with Crippen LogP contribution in [0.3, 0.4) is 0 Å². The Hall–Kier alpha value is -4.05. The molecule has 96 heavy (non-hydrogen) atoms. The summed E-state index contributed by atoms with van der Waals surface area (Å²) in [4.78, 5) is 37.8. The van der Waals surface area contributed by atoms with Crippen molar-refractivity contribution in [3.8, 4) is 0 Å². The number of rotatable bonds is 75. The number of allylic oxidation sites excluding steroid dienone is 18. The van der Waals surface area contributed by atoms with Gasteiger partial charge in [0.15, 0.2) is 6.10 Å². The van der Waals surface area contributed by atoms with Crippen molar-refractivity contribution in [1.29, 1.82) is 0 Å². The van der Waals surface area contributed by atoms with Gasteiger partial charge >= 0.3 is 17.9 Å². The molecule has 0 amide bonds. The molecule has 0 aromatic rings. The number of likely N-dealkylation sites (N-methyl/N-ethyl adjacent to an activating group) is 1. The third-order valence-electron chi connectivity index (χ3n) is 17.8. The Morgan fingerprint density at radius 2 is 0.594 bits per heavy atom. The molecule has 0 fully saturated rings. The van der Waals surface area contributed by atoms with Gasteiger partial charge in [-0.25, -0.2) is 4.79 Å². The minimum Gasteiger partial charge on any atom is -0.477 e. The van der Waals surface area contributed by atoms with Crippen molar-refractivity contribution in [2.75, 3.05) is 47.5 Å². The summed E-state index contributed by atoms with van der Waals surface area (Å²) in [5.74, 6) is -1.99. The van der Waals surface area contributed by atoms with Crippen molar-refractivity contribution in [1.82, 2.24) is 0 Å². The van der Waals surface area contributed by atoms with Crippen molar-refractivity contribution in [2.45, 2.75) is 379 Å². The van der Waals surface area contributed by atoms with E-state index in [9.17, 15) is 19.5 Å². The lowest BCUT2D eigenvalue weighted by molar-refractivity contribution is -0.870. The Morgan fingerprint density at radius 1 is 0.323 bits per heavy atom. The van der Waals surface area contributed by atoms with Crippen LogP contribution in [0.2, 0.25) is 0 Å². The smallest absolute Gasteiger partial charge is 0.361 e. The van der Waals surface area contributed by atoms with Crippen LogP contribution >= 0.6 is 0 Å². The zero-order valence-electron chi connectivity index (χ0n) is 63.5. The molecular formula is C87H154NO8+. The minimum atomic E-state index is -1.52. The van der Waals surface area contributed by atoms with E-state index in [1.807, 2.05) is 21.1 Å². The molecule has 0 aromatic carbocycles. The number of carbonyl (C=O) groups is 3. The van der Waals surface area contributed by atoms with Gasteiger partial charge in [0.2, 0.25) is 0 Å². The maximum absolute atomic E-state index is 13.0. The molecule has 0 heterocycles. The summed E-state index contributed by atoms with van der Waals surface area (Å²) < 4.78 is 23.1. The van der Waals surface area contributed by atoms with E-state index in [1.165, 1.54) is 231 Å². The maximum atomic E-state index is 13.0. The summed E-state index contributed by atoms with van der Waals surface area (Å²) in [6.07, 6.45) is 105. The summed E-state index contributed by atoms with van der Waals surface area (Å²) in [7, 11) is 5.99. The van der Waals surface area contributed by atoms with Crippen molar-refractivity contribution < 1.29 is 42.9 Å². The molecule has 1 N–H and O–H groups in total. The molecule has 0 spiro atoms. The number of unbranched alkanes of at least 4 members (excludes halogenated alkanes) is 42. The second-order valence-corrected chi connectivity index (χ2v) is 28.4. The summed E-state index contributed by atoms with van der Waals surface area (Å²) in [5, 5.41) is 9.78. The topological polar surface area (TPSA) is 108 Å². The number of hydrogen-bond donors (Lipinski definition) is 1. The van der Waals surface area contributed by atoms with Gasteiger partial charge in [-0.05, 0) is 83.5 Å². The van der Waals surface area contributed by atoms with Crippen LogP contribution in [0.15, 0.2) is 109 Å². The van der Waals surface area contributed by atoms with Gasteiger partial charge in [-0.3, -0.25) is 9.59 Å². The summed E-state index contributed by atoms with van der Waals surface area (Å²) >= 11 is 0. The first kappa shape index (κ1) is 92.0. The summed E-state index contributed by atoms with van der Waals surface area (Å²) in [6, 6.07) is 0. The van der Waals surface area contributed by atoms with Crippen LogP contribution in [0.1, 0.15) is 367 Å². The van der Waals surface area contributed by atoms with Gasteiger partial charge in [0.25, 0.3) is 6.29 Å². The second-order valence-electron chi connectivity index (χ2n) is 28.4. The number of quaternary nitrogens is 1. The normalized spacial score (nSPS) is 13.2. The predicted molar refractivity (Wildman–Crippen MR) is 415 cm³/mol. The van der Waals surface area contributed by atoms with Crippen LogP contribution in [0.25, 0.3) is 0 Å². The van der Waals surface area contributed by atoms with E-state index in [2.05, 4.69) is 123 Å². The predicted octanol–water partition coefficient (Wildman–Crippen LogP) is 26.1. The first-order valence-corrected chi connectivity index (χ1v) is 40.6. The van der Waals surface area contributed by atoms with E-state index in [0.29, 0.717) is 23.9 Å². The molecule has 2 unspecified atom stereocenters. The number of carbonyl (C=O) groups excluding carboxylic acids is 2. The van der Waals surface area contributed by atoms with Crippen molar-refractivity contribution in [3.05, 3.63) is 109 Å². The zero-order valence-corrected chi connectivity index (χ0v) is 63.5. The number of hydrogen-bond acceptors (Lipinski definition) is 7. The molecule has 0 saturated carbocycles. The van der Waals surface area contributed by atoms with Crippen LogP contribution in [-0.2, 0) is 33.3 Å². The van der Waals surface area contributed by atoms with Gasteiger partial charge in [-0.1, -0.05) is 380 Å². The average molecular weight is 1340 g/mol. The van der Waals surface area contributed by atoms with E-state index in [1.54, 1.807) is 0 Å². The fraction of sp³-hybridized carbons (Fsp3) is 0.759. The molecule has 0 aromatic heterocycles. The fourth-order valence-corrected chi connectivity index (χ4v) is 11.7. The molecule has 0 aliphatic heterocycles. The molecule has 0 saturated heterocycles. The Kier molecular flexibility index (Phi) is 73.5. The Morgan fingerprint density at radius 3 is 0.885 bits per heavy atom. The first-order chi connectivity index (χ1) is 47.1. The average Bonchev–Trinajstić information content (AvgIpc) is 2.40. The second kappa shape index (κ2) is 76.7. The van der Waals surface area contributed by atoms with Crippen LogP contribution in [0.5, 0.6) is 0 Å². The van der Waals surface area contributed by atoms with E-state index in [0.717, 1.165) is 103 Å². The first-order valence-electron chi connectivity index (χ1n) is 40.6. The lowest BCUT2D eigenvalue weighted by atomic mass is 10.0. The molecular weight excluding hydrogens is 1190 g/mol. The lowest BCUT2D eigenvalue weighted by Gasteiger charge is -2.25. The molecule has 554 valence electrons. The summed E-state index contributed by atoms with van der Waals surface area (Å²) in [5.41, 5.74) is 0. The van der Waals surface area contributed by atoms with Gasteiger partial charge < -0.3 is 28.5 Å². The van der Waals surface area contributed by atoms with Crippen molar-refractivity contribution >= 4 is 17.9 Å². The molecule has 0 radical (unpaired) electrons. The van der Waals surface area contributed by atoms with E-state index in [-0.39, 0.29) is 32.2 Å². The lowest BCUT2D eigenvalue weighted by Crippen LogP contribution is -2.40. The highest BCUT2D eigenvalue weighted by Gasteiger charge is 2.25. The van der Waals surface area contributed by atoms with Crippen LogP contribution in [0.4, 0.5) is 0 Å². The highest BCUT2D eigenvalue weighted by atomic mass is 16.7. The van der Waals surface area contributed by atoms with Gasteiger partial charge in [-0.2, -0.15) is 0 Å². The van der Waals surface area contributed by atoms with Crippen LogP contribution < -0.4 is 0 Å². The molecule has 0 bridgehead atoms. The molecule has 0 aliphatic carbocycles. The molecule has 9 heteroatoms. The summed E-state index contributed by atoms with van der Waals surface area (Å²) in [6.45, 7) is 4.81. The SMILES string of the molecule is CC/C=C\C/C=C\C/C=C\C/C=C\C/C=C\C/C=C\C/C=C\C/C=C\C/C=C\CCCCCCCCCCCCCC(=O)OC(COC(=O)CCCCCCCCCCCCCCCCCCCCCCCCCCCCCCCCCC)COC(OCC[N+](C)(C)C)C(=O)O. The van der Waals surface area contributed by atoms with Gasteiger partial charge in [0, 0.05) is 12.8 Å². The highest BCUT2D eigenvalue weighted by molar-refractivity contribution is 5.71. The van der Waals surface area contributed by atoms with Crippen molar-refractivity contribution in [3.63, 3.8) is 0 Å². The van der Waals surface area contributed by atoms with Crippen LogP contribution in [0, 0.1) is 0 Å². The zero-order chi connectivity index (χ0) is 69.7. The number of esters is 2. The Labute approximate surface area is 594 Å². The molecule has 2 atom stereocenters. The Balaban J connectivity index is 4.05. The van der Waals surface area contributed by atoms with E-state index >= 15 is 0 Å². The molecule has 9 nitrogen and oxygen atoms in total. The quantitative estimate of drug-likeness (QED) is 0.0211. The van der Waals surface area contributed by atoms with Crippen molar-refractivity contribution in [2.24, 2.45) is 0 Å². The maximum Gasteiger partial charge on any atom is 0.361 e. The number of aliphatic carboxylic acids is 1. The third kappa shape index (κ3) is 77.3. The van der Waals surface area contributed by atoms with Gasteiger partial charge in [0.1, 0.15) is 13.2 Å². The number of carboxylic acid groups (broad SMARTS) is 1. The fourth-order valence-electron chi connectivity index (χ4n) is 11.7. The number of nitrogens with zero attached hydrogens (tertiary/aromatic N) is 1. The van der Waals surface area contributed by atoms with E-state index in [4.69, 9.17) is 18.9 Å². The van der Waals surface area contributed by atoms with Crippen LogP contribution in [-0.4, -0.2) is 87.4 Å². The minimum absolute atomic E-state index is 0.183.